The topological polar surface area (TPSA) is 71.8 Å². The minimum atomic E-state index is -3.93. The number of ether oxygens (including phenoxy) is 1. The molecule has 0 fully saturated rings. The summed E-state index contributed by atoms with van der Waals surface area (Å²) in [4.78, 5) is 0.174. The zero-order valence-electron chi connectivity index (χ0n) is 20.2. The van der Waals surface area contributed by atoms with Gasteiger partial charge in [-0.25, -0.2) is 8.42 Å². The predicted molar refractivity (Wildman–Crippen MR) is 144 cm³/mol. The fourth-order valence-electron chi connectivity index (χ4n) is 4.59. The summed E-state index contributed by atoms with van der Waals surface area (Å²) in [6.45, 7) is 2.04. The van der Waals surface area contributed by atoms with Crippen LogP contribution >= 0.6 is 0 Å². The molecule has 0 aliphatic carbocycles. The number of methoxy groups -OCH3 is 1. The summed E-state index contributed by atoms with van der Waals surface area (Å²) in [5.74, 6) is 0.622. The Labute approximate surface area is 211 Å². The Bertz CT molecular complexity index is 1550. The van der Waals surface area contributed by atoms with Crippen molar-refractivity contribution in [1.82, 2.24) is 4.57 Å². The van der Waals surface area contributed by atoms with Gasteiger partial charge in [-0.3, -0.25) is 4.31 Å². The number of aromatic nitrogens is 1. The van der Waals surface area contributed by atoms with Crippen LogP contribution in [0.3, 0.4) is 0 Å². The highest BCUT2D eigenvalue weighted by Gasteiger charge is 2.28. The second kappa shape index (κ2) is 9.68. The van der Waals surface area contributed by atoms with Gasteiger partial charge in [-0.2, -0.15) is 0 Å². The van der Waals surface area contributed by atoms with E-state index in [9.17, 15) is 13.5 Å². The van der Waals surface area contributed by atoms with Crippen LogP contribution in [0, 0.1) is 6.92 Å². The second-order valence-electron chi connectivity index (χ2n) is 8.85. The third-order valence-electron chi connectivity index (χ3n) is 6.42. The highest BCUT2D eigenvalue weighted by atomic mass is 32.2. The van der Waals surface area contributed by atoms with Gasteiger partial charge >= 0.3 is 0 Å². The average Bonchev–Trinajstić information content (AvgIpc) is 3.21. The van der Waals surface area contributed by atoms with E-state index in [0.29, 0.717) is 11.4 Å². The van der Waals surface area contributed by atoms with E-state index in [2.05, 4.69) is 16.7 Å². The number of aryl methyl sites for hydroxylation is 1. The van der Waals surface area contributed by atoms with Crippen molar-refractivity contribution in [1.29, 1.82) is 0 Å². The largest absolute Gasteiger partial charge is 0.497 e. The molecule has 0 saturated carbocycles. The maximum atomic E-state index is 13.7. The number of sulfonamides is 1. The van der Waals surface area contributed by atoms with Crippen molar-refractivity contribution in [2.24, 2.45) is 0 Å². The summed E-state index contributed by atoms with van der Waals surface area (Å²) in [6.07, 6.45) is -0.966. The summed E-state index contributed by atoms with van der Waals surface area (Å²) in [6, 6.07) is 29.6. The highest BCUT2D eigenvalue weighted by Crippen LogP contribution is 2.30. The number of hydrogen-bond donors (Lipinski definition) is 1. The van der Waals surface area contributed by atoms with Gasteiger partial charge in [0.2, 0.25) is 0 Å². The van der Waals surface area contributed by atoms with E-state index in [1.165, 1.54) is 4.31 Å². The monoisotopic (exact) mass is 500 g/mol. The molecule has 0 spiro atoms. The Hall–Kier alpha value is -3.81. The first kappa shape index (κ1) is 23.9. The molecule has 5 aromatic rings. The molecule has 1 atom stereocenters. The molecule has 36 heavy (non-hydrogen) atoms. The van der Waals surface area contributed by atoms with E-state index in [0.717, 1.165) is 27.4 Å². The first-order chi connectivity index (χ1) is 17.4. The highest BCUT2D eigenvalue weighted by molar-refractivity contribution is 7.92. The average molecular weight is 501 g/mol. The lowest BCUT2D eigenvalue weighted by molar-refractivity contribution is 0.166. The van der Waals surface area contributed by atoms with Crippen molar-refractivity contribution in [2.75, 3.05) is 18.0 Å². The quantitative estimate of drug-likeness (QED) is 0.311. The molecule has 184 valence electrons. The Morgan fingerprint density at radius 3 is 1.94 bits per heavy atom. The Morgan fingerprint density at radius 2 is 1.39 bits per heavy atom. The molecule has 6 nitrogen and oxygen atoms in total. The third-order valence-corrected chi connectivity index (χ3v) is 8.23. The van der Waals surface area contributed by atoms with Crippen molar-refractivity contribution in [3.05, 3.63) is 103 Å². The van der Waals surface area contributed by atoms with Gasteiger partial charge < -0.3 is 14.4 Å². The van der Waals surface area contributed by atoms with Crippen molar-refractivity contribution in [3.63, 3.8) is 0 Å². The van der Waals surface area contributed by atoms with Gasteiger partial charge in [-0.1, -0.05) is 54.1 Å². The molecule has 0 radical (unpaired) electrons. The molecule has 0 amide bonds. The van der Waals surface area contributed by atoms with E-state index in [4.69, 9.17) is 4.74 Å². The molecule has 1 aromatic heterocycles. The lowest BCUT2D eigenvalue weighted by Crippen LogP contribution is -2.39. The minimum absolute atomic E-state index is 0.108. The second-order valence-corrected chi connectivity index (χ2v) is 10.7. The van der Waals surface area contributed by atoms with Crippen LogP contribution in [-0.4, -0.2) is 37.8 Å². The van der Waals surface area contributed by atoms with Gasteiger partial charge in [0, 0.05) is 21.8 Å². The van der Waals surface area contributed by atoms with E-state index in [1.54, 1.807) is 55.6 Å². The summed E-state index contributed by atoms with van der Waals surface area (Å²) in [7, 11) is -2.37. The zero-order chi connectivity index (χ0) is 25.3. The molecular weight excluding hydrogens is 472 g/mol. The van der Waals surface area contributed by atoms with Gasteiger partial charge in [0.05, 0.1) is 36.9 Å². The fraction of sp³-hybridized carbons (Fsp3) is 0.172. The van der Waals surface area contributed by atoms with Crippen molar-refractivity contribution < 1.29 is 18.3 Å². The van der Waals surface area contributed by atoms with Crippen LogP contribution in [-0.2, 0) is 16.6 Å². The molecule has 0 aliphatic heterocycles. The van der Waals surface area contributed by atoms with Gasteiger partial charge in [0.15, 0.2) is 0 Å². The number of aliphatic hydroxyl groups is 1. The molecule has 0 aliphatic rings. The number of anilines is 1. The zero-order valence-corrected chi connectivity index (χ0v) is 21.0. The molecular formula is C29H28N2O4S. The molecule has 0 bridgehead atoms. The molecule has 5 rings (SSSR count). The predicted octanol–water partition coefficient (Wildman–Crippen LogP) is 5.37. The fourth-order valence-corrected chi connectivity index (χ4v) is 6.09. The standard InChI is InChI=1S/C29H28N2O4S/c1-21-11-17-25(18-12-21)36(33,34)31(22-13-15-24(35-2)16-14-22)20-23(32)19-30-28-9-5-3-7-26(28)27-8-4-6-10-29(27)30/h3-18,23,32H,19-20H2,1-2H3. The number of fused-ring (bicyclic) bond motifs is 3. The van der Waals surface area contributed by atoms with Crippen LogP contribution in [0.5, 0.6) is 5.75 Å². The van der Waals surface area contributed by atoms with Crippen molar-refractivity contribution in [2.45, 2.75) is 24.5 Å². The van der Waals surface area contributed by atoms with E-state index in [1.807, 2.05) is 43.3 Å². The van der Waals surface area contributed by atoms with Gasteiger partial charge in [-0.15, -0.1) is 0 Å². The number of aliphatic hydroxyl groups excluding tert-OH is 1. The Balaban J connectivity index is 1.52. The maximum absolute atomic E-state index is 13.7. The van der Waals surface area contributed by atoms with Crippen LogP contribution in [0.2, 0.25) is 0 Å². The Kier molecular flexibility index (Phi) is 6.43. The summed E-state index contributed by atoms with van der Waals surface area (Å²) in [5, 5.41) is 13.5. The van der Waals surface area contributed by atoms with Crippen LogP contribution in [0.25, 0.3) is 21.8 Å². The van der Waals surface area contributed by atoms with Crippen LogP contribution in [0.4, 0.5) is 5.69 Å². The van der Waals surface area contributed by atoms with E-state index < -0.39 is 16.1 Å². The normalized spacial score (nSPS) is 12.6. The number of para-hydroxylation sites is 2. The SMILES string of the molecule is COc1ccc(N(CC(O)Cn2c3ccccc3c3ccccc32)S(=O)(=O)c2ccc(C)cc2)cc1. The van der Waals surface area contributed by atoms with Gasteiger partial charge in [0.1, 0.15) is 5.75 Å². The van der Waals surface area contributed by atoms with Gasteiger partial charge in [-0.05, 0) is 55.5 Å². The maximum Gasteiger partial charge on any atom is 0.264 e. The smallest absolute Gasteiger partial charge is 0.264 e. The molecule has 7 heteroatoms. The molecule has 4 aromatic carbocycles. The summed E-state index contributed by atoms with van der Waals surface area (Å²) >= 11 is 0. The first-order valence-electron chi connectivity index (χ1n) is 11.8. The lowest BCUT2D eigenvalue weighted by Gasteiger charge is -2.27. The molecule has 1 N–H and O–H groups in total. The van der Waals surface area contributed by atoms with Crippen molar-refractivity contribution >= 4 is 37.5 Å². The van der Waals surface area contributed by atoms with Crippen LogP contribution in [0.15, 0.2) is 102 Å². The number of hydrogen-bond acceptors (Lipinski definition) is 4. The van der Waals surface area contributed by atoms with Crippen LogP contribution < -0.4 is 9.04 Å². The lowest BCUT2D eigenvalue weighted by atomic mass is 10.2. The van der Waals surface area contributed by atoms with Gasteiger partial charge in [0.25, 0.3) is 10.0 Å². The third kappa shape index (κ3) is 4.43. The van der Waals surface area contributed by atoms with E-state index >= 15 is 0 Å². The molecule has 1 unspecified atom stereocenters. The van der Waals surface area contributed by atoms with E-state index in [-0.39, 0.29) is 18.0 Å². The molecule has 1 heterocycles. The number of nitrogens with zero attached hydrogens (tertiary/aromatic N) is 2. The molecule has 0 saturated heterocycles. The summed E-state index contributed by atoms with van der Waals surface area (Å²) in [5.41, 5.74) is 3.42. The minimum Gasteiger partial charge on any atom is -0.497 e. The Morgan fingerprint density at radius 1 is 0.833 bits per heavy atom. The van der Waals surface area contributed by atoms with Crippen molar-refractivity contribution in [3.8, 4) is 5.75 Å². The summed E-state index contributed by atoms with van der Waals surface area (Å²) < 4.78 is 36.0. The number of benzene rings is 4. The van der Waals surface area contributed by atoms with Crippen LogP contribution in [0.1, 0.15) is 5.56 Å². The first-order valence-corrected chi connectivity index (χ1v) is 13.2. The number of rotatable bonds is 8.